The number of hydrogen-bond acceptors (Lipinski definition) is 4. The van der Waals surface area contributed by atoms with Gasteiger partial charge < -0.3 is 14.5 Å². The van der Waals surface area contributed by atoms with E-state index in [0.717, 1.165) is 64.0 Å². The summed E-state index contributed by atoms with van der Waals surface area (Å²) < 4.78 is 2.22. The van der Waals surface area contributed by atoms with Crippen LogP contribution < -0.4 is 5.32 Å². The molecule has 5 rings (SSSR count). The third kappa shape index (κ3) is 3.65. The molecule has 0 saturated carbocycles. The van der Waals surface area contributed by atoms with E-state index in [0.29, 0.717) is 11.1 Å². The number of H-pyrrole nitrogens is 1. The molecule has 0 fully saturated rings. The highest BCUT2D eigenvalue weighted by molar-refractivity contribution is 7.98. The maximum Gasteiger partial charge on any atom is 0.259 e. The van der Waals surface area contributed by atoms with Crippen LogP contribution in [0.1, 0.15) is 25.0 Å². The van der Waals surface area contributed by atoms with Crippen molar-refractivity contribution in [3.8, 4) is 0 Å². The van der Waals surface area contributed by atoms with Crippen molar-refractivity contribution < 1.29 is 9.59 Å². The Kier molecular flexibility index (Phi) is 6.06. The number of nitrogens with one attached hydrogen (secondary N) is 2. The molecule has 1 aliphatic heterocycles. The Morgan fingerprint density at radius 1 is 0.941 bits per heavy atom. The number of aromatic amines is 1. The van der Waals surface area contributed by atoms with Crippen molar-refractivity contribution >= 4 is 56.5 Å². The molecule has 0 saturated heterocycles. The van der Waals surface area contributed by atoms with Crippen LogP contribution in [-0.2, 0) is 16.1 Å². The minimum atomic E-state index is -0.351. The molecule has 2 amide bonds. The predicted octanol–water partition coefficient (Wildman–Crippen LogP) is 4.75. The van der Waals surface area contributed by atoms with Gasteiger partial charge in [-0.15, -0.1) is 11.8 Å². The molecule has 0 bridgehead atoms. The largest absolute Gasteiger partial charge is 0.361 e. The van der Waals surface area contributed by atoms with E-state index in [1.807, 2.05) is 36.7 Å². The van der Waals surface area contributed by atoms with Gasteiger partial charge in [0.1, 0.15) is 0 Å². The number of likely N-dealkylation sites (N-methyl/N-ethyl adjacent to an activating group) is 1. The normalized spacial score (nSPS) is 14.2. The fraction of sp³-hybridized carbons (Fsp3) is 0.259. The third-order valence-electron chi connectivity index (χ3n) is 6.70. The molecule has 6 nitrogen and oxygen atoms in total. The number of para-hydroxylation sites is 1. The van der Waals surface area contributed by atoms with Crippen LogP contribution in [0.3, 0.4) is 0 Å². The maximum atomic E-state index is 13.2. The average molecular weight is 473 g/mol. The standard InChI is InChI=1S/C27H28N4O2S/c1-4-30(5-2)13-14-31-16-19(23-21(31)11-8-12-22(23)34-3)25-24(26(32)29-27(25)33)18-15-28-20-10-7-6-9-17(18)20/h6-12,15-16,28H,4-5,13-14H2,1-3H3,(H,29,32,33). The highest BCUT2D eigenvalue weighted by atomic mass is 32.2. The lowest BCUT2D eigenvalue weighted by Gasteiger charge is -2.18. The summed E-state index contributed by atoms with van der Waals surface area (Å²) in [5, 5.41) is 4.50. The summed E-state index contributed by atoms with van der Waals surface area (Å²) in [5.74, 6) is -0.695. The summed E-state index contributed by atoms with van der Waals surface area (Å²) in [6.07, 6.45) is 5.92. The number of fused-ring (bicyclic) bond motifs is 2. The molecule has 0 unspecified atom stereocenters. The molecule has 34 heavy (non-hydrogen) atoms. The fourth-order valence-electron chi connectivity index (χ4n) is 4.90. The topological polar surface area (TPSA) is 70.1 Å². The van der Waals surface area contributed by atoms with Crippen molar-refractivity contribution in [2.75, 3.05) is 25.9 Å². The van der Waals surface area contributed by atoms with Gasteiger partial charge in [-0.25, -0.2) is 0 Å². The summed E-state index contributed by atoms with van der Waals surface area (Å²) in [5.41, 5.74) is 4.45. The van der Waals surface area contributed by atoms with Crippen molar-refractivity contribution in [3.63, 3.8) is 0 Å². The van der Waals surface area contributed by atoms with Gasteiger partial charge in [0, 0.05) is 63.3 Å². The van der Waals surface area contributed by atoms with Crippen LogP contribution in [0.25, 0.3) is 33.0 Å². The number of aromatic nitrogens is 2. The molecule has 0 aliphatic carbocycles. The van der Waals surface area contributed by atoms with Gasteiger partial charge in [-0.1, -0.05) is 38.1 Å². The molecule has 7 heteroatoms. The fourth-order valence-corrected chi connectivity index (χ4v) is 5.53. The zero-order valence-electron chi connectivity index (χ0n) is 19.6. The van der Waals surface area contributed by atoms with E-state index in [2.05, 4.69) is 58.0 Å². The Labute approximate surface area is 203 Å². The first-order chi connectivity index (χ1) is 16.6. The molecular weight excluding hydrogens is 444 g/mol. The smallest absolute Gasteiger partial charge is 0.259 e. The van der Waals surface area contributed by atoms with Crippen molar-refractivity contribution in [2.45, 2.75) is 25.3 Å². The minimum Gasteiger partial charge on any atom is -0.361 e. The van der Waals surface area contributed by atoms with Crippen LogP contribution >= 0.6 is 11.8 Å². The van der Waals surface area contributed by atoms with Gasteiger partial charge in [0.2, 0.25) is 0 Å². The van der Waals surface area contributed by atoms with Crippen LogP contribution in [0.2, 0.25) is 0 Å². The van der Waals surface area contributed by atoms with Crippen molar-refractivity contribution in [1.29, 1.82) is 0 Å². The van der Waals surface area contributed by atoms with E-state index in [-0.39, 0.29) is 11.8 Å². The predicted molar refractivity (Wildman–Crippen MR) is 140 cm³/mol. The molecule has 0 radical (unpaired) electrons. The first-order valence-corrected chi connectivity index (χ1v) is 12.8. The van der Waals surface area contributed by atoms with E-state index in [1.165, 1.54) is 0 Å². The number of hydrogen-bond donors (Lipinski definition) is 2. The molecule has 2 N–H and O–H groups in total. The number of carbonyl (C=O) groups excluding carboxylic acids is 2. The number of benzene rings is 2. The van der Waals surface area contributed by atoms with Crippen LogP contribution in [0, 0.1) is 0 Å². The van der Waals surface area contributed by atoms with Gasteiger partial charge in [-0.05, 0) is 37.5 Å². The lowest BCUT2D eigenvalue weighted by atomic mass is 9.95. The summed E-state index contributed by atoms with van der Waals surface area (Å²) in [6.45, 7) is 8.04. The second-order valence-electron chi connectivity index (χ2n) is 8.40. The summed E-state index contributed by atoms with van der Waals surface area (Å²) >= 11 is 1.65. The Morgan fingerprint density at radius 3 is 2.41 bits per heavy atom. The number of rotatable bonds is 8. The zero-order chi connectivity index (χ0) is 23.8. The van der Waals surface area contributed by atoms with Gasteiger partial charge >= 0.3 is 0 Å². The number of nitrogens with zero attached hydrogens (tertiary/aromatic N) is 2. The average Bonchev–Trinajstić information content (AvgIpc) is 3.52. The van der Waals surface area contributed by atoms with E-state index in [1.54, 1.807) is 11.8 Å². The lowest BCUT2D eigenvalue weighted by molar-refractivity contribution is -0.122. The molecule has 4 aromatic rings. The lowest BCUT2D eigenvalue weighted by Crippen LogP contribution is -2.26. The highest BCUT2D eigenvalue weighted by Gasteiger charge is 2.35. The summed E-state index contributed by atoms with van der Waals surface area (Å²) in [6, 6.07) is 14.1. The van der Waals surface area contributed by atoms with Crippen LogP contribution in [0.5, 0.6) is 0 Å². The van der Waals surface area contributed by atoms with Crippen LogP contribution in [-0.4, -0.2) is 52.2 Å². The van der Waals surface area contributed by atoms with Crippen molar-refractivity contribution in [2.24, 2.45) is 0 Å². The van der Waals surface area contributed by atoms with E-state index < -0.39 is 0 Å². The van der Waals surface area contributed by atoms with Gasteiger partial charge in [0.25, 0.3) is 11.8 Å². The maximum absolute atomic E-state index is 13.2. The van der Waals surface area contributed by atoms with Crippen molar-refractivity contribution in [1.82, 2.24) is 19.8 Å². The molecule has 2 aromatic carbocycles. The molecular formula is C27H28N4O2S. The Morgan fingerprint density at radius 2 is 1.68 bits per heavy atom. The number of thioether (sulfide) groups is 1. The molecule has 0 atom stereocenters. The Balaban J connectivity index is 1.75. The Hall–Kier alpha value is -3.29. The second-order valence-corrected chi connectivity index (χ2v) is 9.25. The monoisotopic (exact) mass is 472 g/mol. The van der Waals surface area contributed by atoms with E-state index in [9.17, 15) is 9.59 Å². The molecule has 174 valence electrons. The Bertz CT molecular complexity index is 1440. The van der Waals surface area contributed by atoms with Crippen LogP contribution in [0.15, 0.2) is 59.8 Å². The quantitative estimate of drug-likeness (QED) is 0.287. The minimum absolute atomic E-state index is 0.344. The van der Waals surface area contributed by atoms with Crippen molar-refractivity contribution in [3.05, 3.63) is 66.0 Å². The molecule has 0 spiro atoms. The SMILES string of the molecule is CCN(CC)CCn1cc(C2=C(c3c[nH]c4ccccc34)C(=O)NC2=O)c2c(SC)cccc21. The first-order valence-electron chi connectivity index (χ1n) is 11.6. The van der Waals surface area contributed by atoms with Gasteiger partial charge in [0.05, 0.1) is 11.1 Å². The number of imide groups is 1. The summed E-state index contributed by atoms with van der Waals surface area (Å²) in [7, 11) is 0. The zero-order valence-corrected chi connectivity index (χ0v) is 20.5. The third-order valence-corrected chi connectivity index (χ3v) is 7.48. The van der Waals surface area contributed by atoms with Gasteiger partial charge in [-0.2, -0.15) is 0 Å². The highest BCUT2D eigenvalue weighted by Crippen LogP contribution is 2.40. The molecule has 2 aromatic heterocycles. The van der Waals surface area contributed by atoms with E-state index >= 15 is 0 Å². The van der Waals surface area contributed by atoms with Gasteiger partial charge in [0.15, 0.2) is 0 Å². The van der Waals surface area contributed by atoms with Crippen LogP contribution in [0.4, 0.5) is 0 Å². The summed E-state index contributed by atoms with van der Waals surface area (Å²) in [4.78, 5) is 33.0. The van der Waals surface area contributed by atoms with Gasteiger partial charge in [-0.3, -0.25) is 14.9 Å². The first kappa shape index (κ1) is 22.5. The molecule has 3 heterocycles. The number of carbonyl (C=O) groups is 2. The van der Waals surface area contributed by atoms with E-state index in [4.69, 9.17) is 0 Å². The number of amides is 2. The second kappa shape index (κ2) is 9.16. The molecule has 1 aliphatic rings.